The molecule has 0 saturated heterocycles. The van der Waals surface area contributed by atoms with Crippen molar-refractivity contribution in [1.29, 1.82) is 0 Å². The van der Waals surface area contributed by atoms with E-state index < -0.39 is 0 Å². The first kappa shape index (κ1) is 12.0. The third-order valence-corrected chi connectivity index (χ3v) is 2.93. The van der Waals surface area contributed by atoms with Crippen LogP contribution in [0.3, 0.4) is 0 Å². The summed E-state index contributed by atoms with van der Waals surface area (Å²) in [5.74, 6) is 0.0559. The van der Waals surface area contributed by atoms with Crippen LogP contribution in [-0.4, -0.2) is 22.4 Å². The van der Waals surface area contributed by atoms with Crippen LogP contribution in [0, 0.1) is 0 Å². The van der Waals surface area contributed by atoms with Gasteiger partial charge in [0.15, 0.2) is 0 Å². The van der Waals surface area contributed by atoms with Crippen molar-refractivity contribution in [3.05, 3.63) is 29.8 Å². The number of amides is 1. The van der Waals surface area contributed by atoms with Crippen LogP contribution in [0.4, 0.5) is 0 Å². The highest BCUT2D eigenvalue weighted by atomic mass is 79.9. The highest BCUT2D eigenvalue weighted by Crippen LogP contribution is 2.10. The molecule has 0 saturated carbocycles. The van der Waals surface area contributed by atoms with Crippen molar-refractivity contribution >= 4 is 21.8 Å². The number of rotatable bonds is 4. The summed E-state index contributed by atoms with van der Waals surface area (Å²) in [6.07, 6.45) is 0.884. The summed E-state index contributed by atoms with van der Waals surface area (Å²) in [6.45, 7) is 2.02. The van der Waals surface area contributed by atoms with Crippen LogP contribution in [0.25, 0.3) is 0 Å². The van der Waals surface area contributed by atoms with Gasteiger partial charge in [-0.25, -0.2) is 0 Å². The summed E-state index contributed by atoms with van der Waals surface area (Å²) < 4.78 is 0. The monoisotopic (exact) mass is 271 g/mol. The second-order valence-corrected chi connectivity index (χ2v) is 3.93. The van der Waals surface area contributed by atoms with Gasteiger partial charge in [-0.15, -0.1) is 0 Å². The van der Waals surface area contributed by atoms with Crippen LogP contribution in [0.15, 0.2) is 24.3 Å². The number of benzene rings is 1. The molecule has 1 atom stereocenters. The second kappa shape index (κ2) is 5.75. The summed E-state index contributed by atoms with van der Waals surface area (Å²) in [5, 5.41) is 12.7. The van der Waals surface area contributed by atoms with Gasteiger partial charge in [-0.2, -0.15) is 0 Å². The van der Waals surface area contributed by atoms with Crippen LogP contribution in [-0.2, 0) is 0 Å². The minimum Gasteiger partial charge on any atom is -0.508 e. The molecule has 2 N–H and O–H groups in total. The third kappa shape index (κ3) is 3.55. The van der Waals surface area contributed by atoms with Crippen molar-refractivity contribution in [3.63, 3.8) is 0 Å². The van der Waals surface area contributed by atoms with Gasteiger partial charge in [-0.1, -0.05) is 22.9 Å². The van der Waals surface area contributed by atoms with Crippen molar-refractivity contribution in [2.24, 2.45) is 0 Å². The molecule has 0 aliphatic carbocycles. The zero-order chi connectivity index (χ0) is 11.3. The molecule has 0 fully saturated rings. The SMILES string of the molecule is CCC(CBr)NC(=O)c1ccc(O)cc1. The average Bonchev–Trinajstić information content (AvgIpc) is 2.26. The molecule has 0 aliphatic rings. The highest BCUT2D eigenvalue weighted by Gasteiger charge is 2.10. The van der Waals surface area contributed by atoms with Gasteiger partial charge < -0.3 is 10.4 Å². The van der Waals surface area contributed by atoms with Gasteiger partial charge in [-0.05, 0) is 30.7 Å². The van der Waals surface area contributed by atoms with E-state index in [0.717, 1.165) is 11.8 Å². The van der Waals surface area contributed by atoms with E-state index in [9.17, 15) is 4.79 Å². The van der Waals surface area contributed by atoms with E-state index in [1.54, 1.807) is 12.1 Å². The molecule has 0 radical (unpaired) electrons. The standard InChI is InChI=1S/C11H14BrNO2/c1-2-9(7-12)13-11(15)8-3-5-10(14)6-4-8/h3-6,9,14H,2,7H2,1H3,(H,13,15). The van der Waals surface area contributed by atoms with Gasteiger partial charge in [0.25, 0.3) is 5.91 Å². The van der Waals surface area contributed by atoms with Crippen molar-refractivity contribution < 1.29 is 9.90 Å². The molecular weight excluding hydrogens is 258 g/mol. The number of carbonyl (C=O) groups is 1. The zero-order valence-corrected chi connectivity index (χ0v) is 10.1. The Balaban J connectivity index is 2.64. The largest absolute Gasteiger partial charge is 0.508 e. The Morgan fingerprint density at radius 3 is 2.53 bits per heavy atom. The molecule has 1 aromatic rings. The smallest absolute Gasteiger partial charge is 0.251 e. The fraction of sp³-hybridized carbons (Fsp3) is 0.364. The summed E-state index contributed by atoms with van der Waals surface area (Å²) >= 11 is 3.33. The fourth-order valence-electron chi connectivity index (χ4n) is 1.13. The van der Waals surface area contributed by atoms with Gasteiger partial charge in [-0.3, -0.25) is 4.79 Å². The Kier molecular flexibility index (Phi) is 4.62. The Bertz CT molecular complexity index is 320. The molecular formula is C11H14BrNO2. The molecule has 4 heteroatoms. The Labute approximate surface area is 97.6 Å². The van der Waals surface area contributed by atoms with E-state index in [0.29, 0.717) is 5.56 Å². The van der Waals surface area contributed by atoms with Gasteiger partial charge in [0.2, 0.25) is 0 Å². The van der Waals surface area contributed by atoms with Crippen molar-refractivity contribution in [2.45, 2.75) is 19.4 Å². The lowest BCUT2D eigenvalue weighted by Gasteiger charge is -2.13. The van der Waals surface area contributed by atoms with E-state index in [1.165, 1.54) is 12.1 Å². The van der Waals surface area contributed by atoms with Gasteiger partial charge in [0.1, 0.15) is 5.75 Å². The lowest BCUT2D eigenvalue weighted by molar-refractivity contribution is 0.0940. The van der Waals surface area contributed by atoms with Crippen molar-refractivity contribution in [3.8, 4) is 5.75 Å². The summed E-state index contributed by atoms with van der Waals surface area (Å²) in [4.78, 5) is 11.7. The predicted octanol–water partition coefficient (Wildman–Crippen LogP) is 2.30. The third-order valence-electron chi connectivity index (χ3n) is 2.14. The quantitative estimate of drug-likeness (QED) is 0.826. The van der Waals surface area contributed by atoms with Gasteiger partial charge in [0.05, 0.1) is 0 Å². The average molecular weight is 272 g/mol. The predicted molar refractivity (Wildman–Crippen MR) is 63.4 cm³/mol. The van der Waals surface area contributed by atoms with E-state index in [2.05, 4.69) is 21.2 Å². The van der Waals surface area contributed by atoms with E-state index in [-0.39, 0.29) is 17.7 Å². The van der Waals surface area contributed by atoms with Crippen LogP contribution < -0.4 is 5.32 Å². The number of halogens is 1. The minimum atomic E-state index is -0.110. The maximum Gasteiger partial charge on any atom is 0.251 e. The number of alkyl halides is 1. The maximum absolute atomic E-state index is 11.7. The first-order valence-corrected chi connectivity index (χ1v) is 5.95. The maximum atomic E-state index is 11.7. The van der Waals surface area contributed by atoms with E-state index in [4.69, 9.17) is 5.11 Å². The molecule has 1 rings (SSSR count). The molecule has 15 heavy (non-hydrogen) atoms. The number of nitrogens with one attached hydrogen (secondary N) is 1. The highest BCUT2D eigenvalue weighted by molar-refractivity contribution is 9.09. The number of hydrogen-bond acceptors (Lipinski definition) is 2. The summed E-state index contributed by atoms with van der Waals surface area (Å²) in [5.41, 5.74) is 0.562. The van der Waals surface area contributed by atoms with Crippen LogP contribution in [0.2, 0.25) is 0 Å². The van der Waals surface area contributed by atoms with E-state index in [1.807, 2.05) is 6.92 Å². The van der Waals surface area contributed by atoms with Gasteiger partial charge in [0, 0.05) is 16.9 Å². The second-order valence-electron chi connectivity index (χ2n) is 3.28. The Morgan fingerprint density at radius 1 is 1.47 bits per heavy atom. The molecule has 1 unspecified atom stereocenters. The van der Waals surface area contributed by atoms with Crippen LogP contribution >= 0.6 is 15.9 Å². The molecule has 82 valence electrons. The van der Waals surface area contributed by atoms with E-state index >= 15 is 0 Å². The van der Waals surface area contributed by atoms with Crippen LogP contribution in [0.1, 0.15) is 23.7 Å². The summed E-state index contributed by atoms with van der Waals surface area (Å²) in [6, 6.07) is 6.36. The number of carbonyl (C=O) groups excluding carboxylic acids is 1. The molecule has 0 aromatic heterocycles. The molecule has 0 bridgehead atoms. The molecule has 3 nitrogen and oxygen atoms in total. The lowest BCUT2D eigenvalue weighted by atomic mass is 10.2. The van der Waals surface area contributed by atoms with Gasteiger partial charge >= 0.3 is 0 Å². The fourth-order valence-corrected chi connectivity index (χ4v) is 1.75. The molecule has 0 spiro atoms. The molecule has 1 aromatic carbocycles. The van der Waals surface area contributed by atoms with Crippen molar-refractivity contribution in [2.75, 3.05) is 5.33 Å². The van der Waals surface area contributed by atoms with Crippen LogP contribution in [0.5, 0.6) is 5.75 Å². The zero-order valence-electron chi connectivity index (χ0n) is 8.53. The Hall–Kier alpha value is -1.03. The number of aromatic hydroxyl groups is 1. The molecule has 1 amide bonds. The van der Waals surface area contributed by atoms with Crippen molar-refractivity contribution in [1.82, 2.24) is 5.32 Å². The normalized spacial score (nSPS) is 12.1. The molecule has 0 heterocycles. The molecule has 0 aliphatic heterocycles. The lowest BCUT2D eigenvalue weighted by Crippen LogP contribution is -2.35. The number of hydrogen-bond donors (Lipinski definition) is 2. The first-order chi connectivity index (χ1) is 7.17. The Morgan fingerprint density at radius 2 is 2.07 bits per heavy atom. The topological polar surface area (TPSA) is 49.3 Å². The number of phenolic OH excluding ortho intramolecular Hbond substituents is 1. The minimum absolute atomic E-state index is 0.110. The summed E-state index contributed by atoms with van der Waals surface area (Å²) in [7, 11) is 0. The first-order valence-electron chi connectivity index (χ1n) is 4.83. The number of phenols is 1.